The number of thioether (sulfide) groups is 1. The van der Waals surface area contributed by atoms with Crippen LogP contribution >= 0.6 is 19.6 Å². The van der Waals surface area contributed by atoms with Crippen molar-refractivity contribution >= 4 is 36.6 Å². The van der Waals surface area contributed by atoms with E-state index in [9.17, 15) is 18.9 Å². The number of carbonyl (C=O) groups is 3. The van der Waals surface area contributed by atoms with Crippen molar-refractivity contribution in [2.24, 2.45) is 0 Å². The molecule has 0 heterocycles. The van der Waals surface area contributed by atoms with E-state index in [4.69, 9.17) is 19.3 Å². The van der Waals surface area contributed by atoms with Crippen LogP contribution in [0.2, 0.25) is 0 Å². The van der Waals surface area contributed by atoms with Crippen LogP contribution in [0.25, 0.3) is 0 Å². The van der Waals surface area contributed by atoms with Crippen LogP contribution < -0.4 is 0 Å². The van der Waals surface area contributed by atoms with Crippen molar-refractivity contribution in [1.82, 2.24) is 0 Å². The first kappa shape index (κ1) is 40.1. The quantitative estimate of drug-likeness (QED) is 0.0478. The number of hydrogen-bond acceptors (Lipinski definition) is 8. The van der Waals surface area contributed by atoms with Gasteiger partial charge in [0.25, 0.3) is 0 Å². The lowest BCUT2D eigenvalue weighted by atomic mass is 10.0. The Kier molecular flexibility index (Phi) is 27.2. The van der Waals surface area contributed by atoms with Gasteiger partial charge in [0.2, 0.25) is 0 Å². The minimum Gasteiger partial charge on any atom is -0.462 e. The Morgan fingerprint density at radius 2 is 1.10 bits per heavy atom. The van der Waals surface area contributed by atoms with Gasteiger partial charge in [-0.3, -0.25) is 18.9 Å². The summed E-state index contributed by atoms with van der Waals surface area (Å²) >= 11 is 1.37. The second kappa shape index (κ2) is 27.9. The molecule has 0 unspecified atom stereocenters. The first-order chi connectivity index (χ1) is 19.6. The molecule has 0 saturated heterocycles. The van der Waals surface area contributed by atoms with Gasteiger partial charge in [0.15, 0.2) is 11.2 Å². The van der Waals surface area contributed by atoms with Crippen molar-refractivity contribution in [3.8, 4) is 0 Å². The number of ether oxygens (including phenoxy) is 2. The predicted molar refractivity (Wildman–Crippen MR) is 165 cm³/mol. The molecule has 0 bridgehead atoms. The van der Waals surface area contributed by atoms with Gasteiger partial charge in [-0.25, -0.2) is 4.57 Å². The molecule has 0 spiro atoms. The molecule has 0 aliphatic heterocycles. The van der Waals surface area contributed by atoms with Crippen LogP contribution in [0.5, 0.6) is 0 Å². The summed E-state index contributed by atoms with van der Waals surface area (Å²) in [5.41, 5.74) is 0. The molecule has 0 aliphatic rings. The fourth-order valence-electron chi connectivity index (χ4n) is 4.38. The van der Waals surface area contributed by atoms with Crippen molar-refractivity contribution in [2.75, 3.05) is 19.0 Å². The van der Waals surface area contributed by atoms with Gasteiger partial charge in [0, 0.05) is 25.5 Å². The second-order valence-corrected chi connectivity index (χ2v) is 13.3. The van der Waals surface area contributed by atoms with E-state index in [0.717, 1.165) is 63.5 Å². The molecule has 0 aromatic rings. The maximum Gasteiger partial charge on any atom is 0.469 e. The maximum absolute atomic E-state index is 12.3. The number of rotatable bonds is 29. The lowest BCUT2D eigenvalue weighted by Crippen LogP contribution is -2.29. The van der Waals surface area contributed by atoms with Crippen LogP contribution in [0.3, 0.4) is 0 Å². The number of phosphoric ester groups is 1. The Balaban J connectivity index is 4.01. The van der Waals surface area contributed by atoms with E-state index in [-0.39, 0.29) is 24.6 Å². The Labute approximate surface area is 252 Å². The maximum atomic E-state index is 12.3. The van der Waals surface area contributed by atoms with E-state index >= 15 is 0 Å². The molecular formula is C30H57O9PS. The monoisotopic (exact) mass is 624 g/mol. The number of unbranched alkanes of at least 4 members (excludes halogenated alkanes) is 17. The molecule has 11 heteroatoms. The third-order valence-corrected chi connectivity index (χ3v) is 8.11. The van der Waals surface area contributed by atoms with Gasteiger partial charge in [-0.2, -0.15) is 0 Å². The van der Waals surface area contributed by atoms with Gasteiger partial charge < -0.3 is 19.3 Å². The molecule has 0 aromatic carbocycles. The molecule has 0 saturated carbocycles. The molecule has 0 aliphatic carbocycles. The Morgan fingerprint density at radius 1 is 0.659 bits per heavy atom. The third kappa shape index (κ3) is 31.8. The van der Waals surface area contributed by atoms with Gasteiger partial charge in [0.05, 0.1) is 6.61 Å². The summed E-state index contributed by atoms with van der Waals surface area (Å²) in [7, 11) is -4.75. The van der Waals surface area contributed by atoms with E-state index in [1.807, 2.05) is 0 Å². The van der Waals surface area contributed by atoms with Crippen molar-refractivity contribution in [1.29, 1.82) is 0 Å². The average molecular weight is 625 g/mol. The highest BCUT2D eigenvalue weighted by Crippen LogP contribution is 2.36. The minimum absolute atomic E-state index is 0.158. The first-order valence-electron chi connectivity index (χ1n) is 15.8. The number of carbonyl (C=O) groups excluding carboxylic acids is 3. The summed E-state index contributed by atoms with van der Waals surface area (Å²) in [5, 5.41) is 0.158. The van der Waals surface area contributed by atoms with Crippen LogP contribution in [0.1, 0.15) is 149 Å². The Bertz CT molecular complexity index is 714. The topological polar surface area (TPSA) is 136 Å². The fourth-order valence-corrected chi connectivity index (χ4v) is 5.38. The molecule has 1 atom stereocenters. The first-order valence-corrected chi connectivity index (χ1v) is 18.3. The summed E-state index contributed by atoms with van der Waals surface area (Å²) in [6.07, 6.45) is 20.5. The van der Waals surface area contributed by atoms with Crippen LogP contribution in [0, 0.1) is 0 Å². The van der Waals surface area contributed by atoms with Crippen LogP contribution in [-0.4, -0.2) is 51.9 Å². The van der Waals surface area contributed by atoms with Crippen LogP contribution in [0.15, 0.2) is 0 Å². The molecular weight excluding hydrogens is 567 g/mol. The summed E-state index contributed by atoms with van der Waals surface area (Å²) in [6, 6.07) is 0. The fraction of sp³-hybridized carbons (Fsp3) is 0.900. The Morgan fingerprint density at radius 3 is 1.56 bits per heavy atom. The molecule has 0 rings (SSSR count). The van der Waals surface area contributed by atoms with Crippen LogP contribution in [0.4, 0.5) is 0 Å². The number of phosphoric acid groups is 1. The highest BCUT2D eigenvalue weighted by Gasteiger charge is 2.22. The largest absolute Gasteiger partial charge is 0.469 e. The highest BCUT2D eigenvalue weighted by molar-refractivity contribution is 8.13. The van der Waals surface area contributed by atoms with Crippen molar-refractivity contribution in [3.63, 3.8) is 0 Å². The average Bonchev–Trinajstić information content (AvgIpc) is 2.91. The molecule has 0 radical (unpaired) electrons. The number of hydrogen-bond donors (Lipinski definition) is 2. The minimum atomic E-state index is -4.75. The molecule has 0 aromatic heterocycles. The summed E-state index contributed by atoms with van der Waals surface area (Å²) < 4.78 is 26.1. The molecule has 2 N–H and O–H groups in total. The predicted octanol–water partition coefficient (Wildman–Crippen LogP) is 8.04. The van der Waals surface area contributed by atoms with Crippen molar-refractivity contribution in [3.05, 3.63) is 0 Å². The molecule has 242 valence electrons. The van der Waals surface area contributed by atoms with E-state index < -0.39 is 32.5 Å². The normalized spacial score (nSPS) is 12.3. The van der Waals surface area contributed by atoms with Crippen molar-refractivity contribution < 1.29 is 42.7 Å². The summed E-state index contributed by atoms with van der Waals surface area (Å²) in [5.74, 6) is -0.0624. The zero-order valence-corrected chi connectivity index (χ0v) is 27.4. The highest BCUT2D eigenvalue weighted by atomic mass is 32.2. The van der Waals surface area contributed by atoms with Gasteiger partial charge in [0.1, 0.15) is 6.61 Å². The molecule has 9 nitrogen and oxygen atoms in total. The van der Waals surface area contributed by atoms with E-state index in [1.54, 1.807) is 6.92 Å². The summed E-state index contributed by atoms with van der Waals surface area (Å²) in [6.45, 7) is 2.96. The molecule has 0 fully saturated rings. The standard InChI is InChI=1S/C30H57O9PS/c1-3-4-5-6-7-8-9-10-11-13-17-20-23-30(33)39-28(26-38-40(34,35)36)25-37-29(32)22-19-16-14-12-15-18-21-24-41-27(2)31/h28H,3-26H2,1-2H3,(H2,34,35,36)/t28-/m0/s1. The summed E-state index contributed by atoms with van der Waals surface area (Å²) in [4.78, 5) is 53.3. The molecule has 0 amide bonds. The lowest BCUT2D eigenvalue weighted by molar-refractivity contribution is -0.161. The number of esters is 2. The second-order valence-electron chi connectivity index (χ2n) is 10.8. The third-order valence-electron chi connectivity index (χ3n) is 6.72. The lowest BCUT2D eigenvalue weighted by Gasteiger charge is -2.18. The van der Waals surface area contributed by atoms with E-state index in [1.165, 1.54) is 63.1 Å². The molecule has 41 heavy (non-hydrogen) atoms. The zero-order chi connectivity index (χ0) is 30.6. The van der Waals surface area contributed by atoms with Gasteiger partial charge in [-0.1, -0.05) is 121 Å². The smallest absolute Gasteiger partial charge is 0.462 e. The van der Waals surface area contributed by atoms with Crippen LogP contribution in [-0.2, 0) is 32.9 Å². The zero-order valence-electron chi connectivity index (χ0n) is 25.7. The van der Waals surface area contributed by atoms with E-state index in [0.29, 0.717) is 12.8 Å². The van der Waals surface area contributed by atoms with Gasteiger partial charge in [-0.15, -0.1) is 0 Å². The van der Waals surface area contributed by atoms with Gasteiger partial charge in [-0.05, 0) is 19.3 Å². The Hall–Kier alpha value is -0.930. The van der Waals surface area contributed by atoms with Crippen molar-refractivity contribution in [2.45, 2.75) is 155 Å². The van der Waals surface area contributed by atoms with Gasteiger partial charge >= 0.3 is 19.8 Å². The van der Waals surface area contributed by atoms with E-state index in [2.05, 4.69) is 11.4 Å². The SMILES string of the molecule is CCCCCCCCCCCCCCC(=O)O[C@@H](COC(=O)CCCCCCCCCSC(C)=O)COP(=O)(O)O.